The molecule has 0 spiro atoms. The Hall–Kier alpha value is -1.47. The summed E-state index contributed by atoms with van der Waals surface area (Å²) >= 11 is 5.64. The second kappa shape index (κ2) is 6.46. The maximum atomic E-state index is 5.66. The average Bonchev–Trinajstić information content (AvgIpc) is 2.40. The molecular weight excluding hydrogens is 244 g/mol. The number of aryl methyl sites for hydroxylation is 1. The molecule has 0 saturated heterocycles. The quantitative estimate of drug-likeness (QED) is 0.561. The van der Waals surface area contributed by atoms with E-state index in [1.54, 1.807) is 0 Å². The Bertz CT molecular complexity index is 508. The molecule has 0 N–H and O–H groups in total. The summed E-state index contributed by atoms with van der Waals surface area (Å²) < 4.78 is 5.66. The van der Waals surface area contributed by atoms with Crippen LogP contribution in [-0.4, -0.2) is 12.5 Å². The Balaban J connectivity index is 2.19. The van der Waals surface area contributed by atoms with Crippen molar-refractivity contribution < 1.29 is 4.74 Å². The van der Waals surface area contributed by atoms with Crippen LogP contribution in [0.15, 0.2) is 48.5 Å². The van der Waals surface area contributed by atoms with Crippen LogP contribution in [0.5, 0.6) is 5.75 Å². The zero-order valence-electron chi connectivity index (χ0n) is 10.5. The van der Waals surface area contributed by atoms with Gasteiger partial charge in [0.05, 0.1) is 6.61 Å². The highest BCUT2D eigenvalue weighted by atomic mass is 35.5. The van der Waals surface area contributed by atoms with Gasteiger partial charge in [-0.3, -0.25) is 0 Å². The number of hydrogen-bond acceptors (Lipinski definition) is 1. The third kappa shape index (κ3) is 3.27. The summed E-state index contributed by atoms with van der Waals surface area (Å²) in [5.74, 6) is 1.54. The Kier molecular flexibility index (Phi) is 4.66. The number of benzene rings is 2. The summed E-state index contributed by atoms with van der Waals surface area (Å²) in [5, 5.41) is 0. The molecule has 0 bridgehead atoms. The molecule has 94 valence electrons. The predicted octanol–water partition coefficient (Wildman–Crippen LogP) is 4.67. The minimum absolute atomic E-state index is 0.636. The number of halogens is 1. The summed E-state index contributed by atoms with van der Waals surface area (Å²) in [5.41, 5.74) is 3.71. The second-order valence-electron chi connectivity index (χ2n) is 4.23. The number of rotatable bonds is 5. The van der Waals surface area contributed by atoms with E-state index in [9.17, 15) is 0 Å². The lowest BCUT2D eigenvalue weighted by Crippen LogP contribution is -1.97. The van der Waals surface area contributed by atoms with Gasteiger partial charge in [0.25, 0.3) is 0 Å². The topological polar surface area (TPSA) is 9.23 Å². The van der Waals surface area contributed by atoms with E-state index in [2.05, 4.69) is 43.3 Å². The van der Waals surface area contributed by atoms with Crippen LogP contribution in [0, 0.1) is 6.92 Å². The van der Waals surface area contributed by atoms with Gasteiger partial charge in [0.2, 0.25) is 0 Å². The van der Waals surface area contributed by atoms with Gasteiger partial charge in [-0.2, -0.15) is 0 Å². The molecule has 0 fully saturated rings. The standard InChI is InChI=1S/C16H17ClO/c1-13-6-2-3-9-16(13)14-7-4-8-15(12-14)18-11-5-10-17/h2-4,6-9,12H,5,10-11H2,1H3. The molecule has 2 aromatic carbocycles. The maximum absolute atomic E-state index is 5.66. The fraction of sp³-hybridized carbons (Fsp3) is 0.250. The van der Waals surface area contributed by atoms with E-state index in [0.717, 1.165) is 12.2 Å². The van der Waals surface area contributed by atoms with Crippen LogP contribution in [0.2, 0.25) is 0 Å². The van der Waals surface area contributed by atoms with Crippen molar-refractivity contribution in [1.29, 1.82) is 0 Å². The lowest BCUT2D eigenvalue weighted by atomic mass is 10.0. The van der Waals surface area contributed by atoms with E-state index in [1.165, 1.54) is 16.7 Å². The molecule has 2 heteroatoms. The third-order valence-corrected chi connectivity index (χ3v) is 3.10. The van der Waals surface area contributed by atoms with Crippen LogP contribution in [0.4, 0.5) is 0 Å². The first-order valence-electron chi connectivity index (χ1n) is 6.16. The SMILES string of the molecule is Cc1ccccc1-c1cccc(OCCCCl)c1. The third-order valence-electron chi connectivity index (χ3n) is 2.84. The molecule has 0 aliphatic heterocycles. The van der Waals surface area contributed by atoms with Crippen LogP contribution >= 0.6 is 11.6 Å². The van der Waals surface area contributed by atoms with Crippen LogP contribution < -0.4 is 4.74 Å². The maximum Gasteiger partial charge on any atom is 0.119 e. The van der Waals surface area contributed by atoms with Crippen LogP contribution in [0.25, 0.3) is 11.1 Å². The van der Waals surface area contributed by atoms with Crippen molar-refractivity contribution in [2.24, 2.45) is 0 Å². The van der Waals surface area contributed by atoms with Gasteiger partial charge in [-0.1, -0.05) is 36.4 Å². The first-order valence-corrected chi connectivity index (χ1v) is 6.69. The molecule has 0 saturated carbocycles. The van der Waals surface area contributed by atoms with Crippen molar-refractivity contribution >= 4 is 11.6 Å². The molecule has 0 amide bonds. The van der Waals surface area contributed by atoms with E-state index in [4.69, 9.17) is 16.3 Å². The minimum atomic E-state index is 0.636. The molecule has 0 unspecified atom stereocenters. The Labute approximate surface area is 113 Å². The van der Waals surface area contributed by atoms with E-state index >= 15 is 0 Å². The largest absolute Gasteiger partial charge is 0.494 e. The molecular formula is C16H17ClO. The molecule has 0 aliphatic carbocycles. The van der Waals surface area contributed by atoms with E-state index in [1.807, 2.05) is 12.1 Å². The number of ether oxygens (including phenoxy) is 1. The minimum Gasteiger partial charge on any atom is -0.494 e. The van der Waals surface area contributed by atoms with Crippen LogP contribution in [0.3, 0.4) is 0 Å². The Morgan fingerprint density at radius 2 is 1.89 bits per heavy atom. The number of alkyl halides is 1. The fourth-order valence-corrected chi connectivity index (χ4v) is 2.00. The van der Waals surface area contributed by atoms with E-state index in [-0.39, 0.29) is 0 Å². The smallest absolute Gasteiger partial charge is 0.119 e. The van der Waals surface area contributed by atoms with Gasteiger partial charge in [0, 0.05) is 5.88 Å². The van der Waals surface area contributed by atoms with E-state index < -0.39 is 0 Å². The van der Waals surface area contributed by atoms with Crippen molar-refractivity contribution in [3.63, 3.8) is 0 Å². The van der Waals surface area contributed by atoms with Gasteiger partial charge >= 0.3 is 0 Å². The molecule has 0 radical (unpaired) electrons. The molecule has 0 aliphatic rings. The zero-order chi connectivity index (χ0) is 12.8. The first kappa shape index (κ1) is 13.0. The van der Waals surface area contributed by atoms with E-state index in [0.29, 0.717) is 12.5 Å². The van der Waals surface area contributed by atoms with Crippen molar-refractivity contribution in [3.8, 4) is 16.9 Å². The van der Waals surface area contributed by atoms with Gasteiger partial charge in [-0.05, 0) is 42.2 Å². The number of hydrogen-bond donors (Lipinski definition) is 0. The summed E-state index contributed by atoms with van der Waals surface area (Å²) in [6, 6.07) is 16.6. The summed E-state index contributed by atoms with van der Waals surface area (Å²) in [7, 11) is 0. The van der Waals surface area contributed by atoms with Crippen molar-refractivity contribution in [3.05, 3.63) is 54.1 Å². The molecule has 1 nitrogen and oxygen atoms in total. The summed E-state index contributed by atoms with van der Waals surface area (Å²) in [6.07, 6.45) is 0.871. The zero-order valence-corrected chi connectivity index (χ0v) is 11.3. The van der Waals surface area contributed by atoms with Crippen molar-refractivity contribution in [1.82, 2.24) is 0 Å². The molecule has 0 heterocycles. The van der Waals surface area contributed by atoms with Gasteiger partial charge in [0.1, 0.15) is 5.75 Å². The van der Waals surface area contributed by atoms with Crippen molar-refractivity contribution in [2.45, 2.75) is 13.3 Å². The lowest BCUT2D eigenvalue weighted by Gasteiger charge is -2.09. The van der Waals surface area contributed by atoms with Crippen molar-refractivity contribution in [2.75, 3.05) is 12.5 Å². The van der Waals surface area contributed by atoms with Crippen LogP contribution in [-0.2, 0) is 0 Å². The Morgan fingerprint density at radius 3 is 2.67 bits per heavy atom. The Morgan fingerprint density at radius 1 is 1.06 bits per heavy atom. The summed E-state index contributed by atoms with van der Waals surface area (Å²) in [4.78, 5) is 0. The highest BCUT2D eigenvalue weighted by Gasteiger charge is 2.02. The van der Waals surface area contributed by atoms with Gasteiger partial charge in [0.15, 0.2) is 0 Å². The van der Waals surface area contributed by atoms with Crippen LogP contribution in [0.1, 0.15) is 12.0 Å². The van der Waals surface area contributed by atoms with Gasteiger partial charge in [-0.25, -0.2) is 0 Å². The first-order chi connectivity index (χ1) is 8.81. The second-order valence-corrected chi connectivity index (χ2v) is 4.61. The highest BCUT2D eigenvalue weighted by Crippen LogP contribution is 2.26. The average molecular weight is 261 g/mol. The lowest BCUT2D eigenvalue weighted by molar-refractivity contribution is 0.318. The molecule has 18 heavy (non-hydrogen) atoms. The normalized spacial score (nSPS) is 10.3. The summed E-state index contributed by atoms with van der Waals surface area (Å²) in [6.45, 7) is 2.79. The molecule has 0 atom stereocenters. The predicted molar refractivity (Wildman–Crippen MR) is 77.4 cm³/mol. The highest BCUT2D eigenvalue weighted by molar-refractivity contribution is 6.17. The van der Waals surface area contributed by atoms with Gasteiger partial charge in [-0.15, -0.1) is 11.6 Å². The monoisotopic (exact) mass is 260 g/mol. The molecule has 2 aromatic rings. The molecule has 2 rings (SSSR count). The van der Waals surface area contributed by atoms with Gasteiger partial charge < -0.3 is 4.74 Å². The molecule has 0 aromatic heterocycles. The fourth-order valence-electron chi connectivity index (χ4n) is 1.89.